The van der Waals surface area contributed by atoms with E-state index in [-0.39, 0.29) is 23.6 Å². The quantitative estimate of drug-likeness (QED) is 0.514. The van der Waals surface area contributed by atoms with Gasteiger partial charge in [0.05, 0.1) is 25.9 Å². The van der Waals surface area contributed by atoms with Crippen LogP contribution in [0.3, 0.4) is 0 Å². The third-order valence-corrected chi connectivity index (χ3v) is 6.46. The molecule has 1 saturated heterocycles. The second kappa shape index (κ2) is 11.0. The van der Waals surface area contributed by atoms with Crippen LogP contribution in [0.5, 0.6) is 11.5 Å². The Morgan fingerprint density at radius 2 is 1.83 bits per heavy atom. The molecule has 1 aliphatic heterocycles. The van der Waals surface area contributed by atoms with E-state index >= 15 is 0 Å². The Morgan fingerprint density at radius 3 is 2.46 bits per heavy atom. The molecule has 2 N–H and O–H groups in total. The maximum atomic E-state index is 12.8. The Hall–Kier alpha value is -3.20. The number of hydrogen-bond donors (Lipinski definition) is 1. The zero-order chi connectivity index (χ0) is 24.9. The van der Waals surface area contributed by atoms with Gasteiger partial charge in [0.25, 0.3) is 0 Å². The van der Waals surface area contributed by atoms with Gasteiger partial charge in [0.2, 0.25) is 11.8 Å². The molecule has 35 heavy (non-hydrogen) atoms. The van der Waals surface area contributed by atoms with Crippen molar-refractivity contribution in [3.8, 4) is 11.5 Å². The predicted molar refractivity (Wildman–Crippen MR) is 124 cm³/mol. The molecule has 2 atom stereocenters. The molecule has 9 heteroatoms. The average Bonchev–Trinajstić information content (AvgIpc) is 3.55. The molecular weight excluding hydrogens is 458 g/mol. The highest BCUT2D eigenvalue weighted by Crippen LogP contribution is 2.39. The third-order valence-electron chi connectivity index (χ3n) is 6.46. The highest BCUT2D eigenvalue weighted by Gasteiger charge is 2.35. The van der Waals surface area contributed by atoms with Crippen molar-refractivity contribution in [2.75, 3.05) is 19.8 Å². The van der Waals surface area contributed by atoms with E-state index in [0.717, 1.165) is 24.0 Å². The van der Waals surface area contributed by atoms with Crippen LogP contribution in [0.25, 0.3) is 0 Å². The Morgan fingerprint density at radius 1 is 1.09 bits per heavy atom. The smallest absolute Gasteiger partial charge is 0.387 e. The van der Waals surface area contributed by atoms with Crippen LogP contribution < -0.4 is 15.2 Å². The first kappa shape index (κ1) is 24.9. The predicted octanol–water partition coefficient (Wildman–Crippen LogP) is 4.10. The summed E-state index contributed by atoms with van der Waals surface area (Å²) in [6.07, 6.45) is 2.84. The summed E-state index contributed by atoms with van der Waals surface area (Å²) in [5.41, 5.74) is 7.50. The van der Waals surface area contributed by atoms with E-state index in [2.05, 4.69) is 4.74 Å². The molecule has 1 heterocycles. The van der Waals surface area contributed by atoms with Crippen LogP contribution >= 0.6 is 0 Å². The van der Waals surface area contributed by atoms with Gasteiger partial charge in [-0.15, -0.1) is 0 Å². The van der Waals surface area contributed by atoms with Gasteiger partial charge in [-0.1, -0.05) is 18.2 Å². The molecule has 1 aliphatic carbocycles. The van der Waals surface area contributed by atoms with E-state index < -0.39 is 12.5 Å². The van der Waals surface area contributed by atoms with Gasteiger partial charge < -0.3 is 24.8 Å². The number of nitrogens with two attached hydrogens (primary N) is 1. The number of hydrogen-bond acceptors (Lipinski definition) is 5. The minimum atomic E-state index is -2.93. The average molecular weight is 489 g/mol. The second-order valence-corrected chi connectivity index (χ2v) is 9.17. The fourth-order valence-corrected chi connectivity index (χ4v) is 4.36. The molecule has 4 rings (SSSR count). The van der Waals surface area contributed by atoms with Gasteiger partial charge in [-0.2, -0.15) is 8.78 Å². The van der Waals surface area contributed by atoms with Crippen LogP contribution in [0, 0.1) is 5.92 Å². The lowest BCUT2D eigenvalue weighted by molar-refractivity contribution is -0.130. The van der Waals surface area contributed by atoms with E-state index in [0.29, 0.717) is 50.0 Å². The molecule has 0 bridgehead atoms. The molecular formula is C26H30F2N2O5. The number of ether oxygens (including phenoxy) is 3. The molecule has 0 aromatic heterocycles. The first-order chi connectivity index (χ1) is 16.8. The van der Waals surface area contributed by atoms with Crippen molar-refractivity contribution in [2.45, 2.75) is 51.4 Å². The van der Waals surface area contributed by atoms with Gasteiger partial charge >= 0.3 is 6.61 Å². The lowest BCUT2D eigenvalue weighted by Crippen LogP contribution is -2.36. The molecule has 0 radical (unpaired) electrons. The van der Waals surface area contributed by atoms with Gasteiger partial charge in [-0.05, 0) is 60.6 Å². The molecule has 188 valence electrons. The Bertz CT molecular complexity index is 1040. The number of primary amides is 1. The fourth-order valence-electron chi connectivity index (χ4n) is 4.36. The Kier molecular flexibility index (Phi) is 7.85. The van der Waals surface area contributed by atoms with Crippen LogP contribution in [0.1, 0.15) is 53.6 Å². The number of alkyl halides is 2. The lowest BCUT2D eigenvalue weighted by Gasteiger charge is -2.23. The maximum absolute atomic E-state index is 12.8. The normalized spacial score (nSPS) is 19.7. The van der Waals surface area contributed by atoms with E-state index in [9.17, 15) is 18.4 Å². The van der Waals surface area contributed by atoms with Crippen LogP contribution in [0.15, 0.2) is 42.5 Å². The van der Waals surface area contributed by atoms with Crippen LogP contribution in [-0.2, 0) is 16.1 Å². The topological polar surface area (TPSA) is 91.1 Å². The zero-order valence-electron chi connectivity index (χ0n) is 19.6. The van der Waals surface area contributed by atoms with E-state index in [4.69, 9.17) is 15.2 Å². The minimum absolute atomic E-state index is 0.0197. The second-order valence-electron chi connectivity index (χ2n) is 9.17. The number of likely N-dealkylation sites (tertiary alicyclic amines) is 1. The highest BCUT2D eigenvalue weighted by atomic mass is 19.3. The summed E-state index contributed by atoms with van der Waals surface area (Å²) >= 11 is 0. The molecule has 2 aromatic rings. The molecule has 1 saturated carbocycles. The van der Waals surface area contributed by atoms with Crippen molar-refractivity contribution in [1.29, 1.82) is 0 Å². The van der Waals surface area contributed by atoms with Crippen molar-refractivity contribution >= 4 is 11.8 Å². The zero-order valence-corrected chi connectivity index (χ0v) is 19.6. The van der Waals surface area contributed by atoms with Crippen LogP contribution in [0.4, 0.5) is 8.78 Å². The first-order valence-electron chi connectivity index (χ1n) is 11.8. The monoisotopic (exact) mass is 488 g/mol. The highest BCUT2D eigenvalue weighted by molar-refractivity contribution is 5.92. The summed E-state index contributed by atoms with van der Waals surface area (Å²) < 4.78 is 42.0. The molecule has 0 spiro atoms. The summed E-state index contributed by atoms with van der Waals surface area (Å²) in [5.74, 6) is 0.282. The summed E-state index contributed by atoms with van der Waals surface area (Å²) in [4.78, 5) is 25.3. The van der Waals surface area contributed by atoms with Crippen molar-refractivity contribution in [1.82, 2.24) is 4.90 Å². The van der Waals surface area contributed by atoms with Gasteiger partial charge in [-0.3, -0.25) is 9.59 Å². The summed E-state index contributed by atoms with van der Waals surface area (Å²) in [5, 5.41) is 0. The van der Waals surface area contributed by atoms with Crippen molar-refractivity contribution < 1.29 is 32.6 Å². The van der Waals surface area contributed by atoms with Gasteiger partial charge in [0, 0.05) is 24.9 Å². The number of amides is 2. The largest absolute Gasteiger partial charge is 0.489 e. The fraction of sp³-hybridized carbons (Fsp3) is 0.462. The first-order valence-corrected chi connectivity index (χ1v) is 11.8. The summed E-state index contributed by atoms with van der Waals surface area (Å²) in [6.45, 7) is 0.271. The van der Waals surface area contributed by atoms with Gasteiger partial charge in [0.1, 0.15) is 0 Å². The Labute approximate surface area is 203 Å². The molecule has 2 aliphatic rings. The minimum Gasteiger partial charge on any atom is -0.489 e. The van der Waals surface area contributed by atoms with E-state index in [1.54, 1.807) is 41.3 Å². The number of halogens is 2. The van der Waals surface area contributed by atoms with E-state index in [1.807, 2.05) is 0 Å². The molecule has 2 amide bonds. The SMILES string of the molecule is CC(=O)N1CC(c2ccc(OC(F)F)c(OCC3CC3)c2)C[C@@H]1COCc1ccc(C(N)=O)cc1. The van der Waals surface area contributed by atoms with Gasteiger partial charge in [-0.25, -0.2) is 0 Å². The summed E-state index contributed by atoms with van der Waals surface area (Å²) in [6, 6.07) is 11.8. The van der Waals surface area contributed by atoms with Crippen LogP contribution in [-0.4, -0.2) is 49.1 Å². The lowest BCUT2D eigenvalue weighted by atomic mass is 9.96. The molecule has 1 unspecified atom stereocenters. The molecule has 2 aromatic carbocycles. The standard InChI is InChI=1S/C26H30F2N2O5/c1-16(31)30-12-21(10-22(30)15-33-13-17-4-6-19(7-5-17)25(29)32)20-8-9-23(35-26(27)28)24(11-20)34-14-18-2-3-18/h4-9,11,18,21-22,26H,2-3,10,12-15H2,1H3,(H2,29,32)/t21?,22-/m1/s1. The van der Waals surface area contributed by atoms with E-state index in [1.165, 1.54) is 13.0 Å². The number of benzene rings is 2. The molecule has 2 fully saturated rings. The maximum Gasteiger partial charge on any atom is 0.387 e. The van der Waals surface area contributed by atoms with Crippen LogP contribution in [0.2, 0.25) is 0 Å². The molecule has 7 nitrogen and oxygen atoms in total. The van der Waals surface area contributed by atoms with Crippen molar-refractivity contribution in [2.24, 2.45) is 11.7 Å². The summed E-state index contributed by atoms with van der Waals surface area (Å²) in [7, 11) is 0. The Balaban J connectivity index is 1.40. The number of carbonyl (C=O) groups excluding carboxylic acids is 2. The number of nitrogens with zero attached hydrogens (tertiary/aromatic N) is 1. The number of carbonyl (C=O) groups is 2. The third kappa shape index (κ3) is 6.69. The van der Waals surface area contributed by atoms with Crippen molar-refractivity contribution in [3.63, 3.8) is 0 Å². The number of rotatable bonds is 11. The van der Waals surface area contributed by atoms with Gasteiger partial charge in [0.15, 0.2) is 11.5 Å². The van der Waals surface area contributed by atoms with Crippen molar-refractivity contribution in [3.05, 3.63) is 59.2 Å².